The summed E-state index contributed by atoms with van der Waals surface area (Å²) in [5, 5.41) is 8.62. The number of nitrogens with zero attached hydrogens (tertiary/aromatic N) is 4. The van der Waals surface area contributed by atoms with Crippen molar-refractivity contribution in [2.45, 2.75) is 31.8 Å². The summed E-state index contributed by atoms with van der Waals surface area (Å²) >= 11 is 0. The zero-order chi connectivity index (χ0) is 22.6. The van der Waals surface area contributed by atoms with Crippen LogP contribution in [0.5, 0.6) is 0 Å². The van der Waals surface area contributed by atoms with Crippen LogP contribution < -0.4 is 0 Å². The lowest BCUT2D eigenvalue weighted by Gasteiger charge is -2.33. The van der Waals surface area contributed by atoms with E-state index in [1.807, 2.05) is 49.6 Å². The average molecular weight is 440 g/mol. The van der Waals surface area contributed by atoms with Crippen molar-refractivity contribution in [1.82, 2.24) is 25.0 Å². The number of amides is 1. The molecule has 1 atom stereocenters. The van der Waals surface area contributed by atoms with Gasteiger partial charge in [-0.05, 0) is 42.6 Å². The number of fused-ring (bicyclic) bond motifs is 1. The maximum absolute atomic E-state index is 13.2. The first-order chi connectivity index (χ1) is 16.2. The van der Waals surface area contributed by atoms with Crippen LogP contribution in [0.15, 0.2) is 73.1 Å². The van der Waals surface area contributed by atoms with Crippen LogP contribution in [0.1, 0.15) is 45.9 Å². The third-order valence-electron chi connectivity index (χ3n) is 6.56. The van der Waals surface area contributed by atoms with Crippen molar-refractivity contribution in [2.24, 2.45) is 0 Å². The summed E-state index contributed by atoms with van der Waals surface area (Å²) < 4.78 is 0. The molecule has 0 spiro atoms. The number of carbonyl (C=O) groups excluding carboxylic acids is 1. The molecule has 1 fully saturated rings. The van der Waals surface area contributed by atoms with Crippen LogP contribution in [0, 0.1) is 0 Å². The summed E-state index contributed by atoms with van der Waals surface area (Å²) in [7, 11) is 1.85. The van der Waals surface area contributed by atoms with E-state index in [4.69, 9.17) is 0 Å². The van der Waals surface area contributed by atoms with Gasteiger partial charge in [0, 0.05) is 44.2 Å². The summed E-state index contributed by atoms with van der Waals surface area (Å²) in [6.07, 6.45) is 5.74. The molecular formula is C27H29N5O. The molecule has 2 aromatic carbocycles. The highest BCUT2D eigenvalue weighted by molar-refractivity contribution is 5.95. The van der Waals surface area contributed by atoms with Gasteiger partial charge in [0.05, 0.1) is 23.0 Å². The van der Waals surface area contributed by atoms with Gasteiger partial charge in [-0.2, -0.15) is 5.10 Å². The second kappa shape index (κ2) is 9.55. The Kier molecular flexibility index (Phi) is 6.17. The first kappa shape index (κ1) is 21.3. The number of para-hydroxylation sites is 1. The Hall–Kier alpha value is -3.51. The topological polar surface area (TPSA) is 65.1 Å². The third kappa shape index (κ3) is 4.66. The SMILES string of the molecule is CN(Cc1ccccc1)C(=O)c1cn[nH]c1[C@@H]1CCCN(Cc2ccnc3ccccc23)C1. The fourth-order valence-electron chi connectivity index (χ4n) is 4.88. The van der Waals surface area contributed by atoms with Crippen LogP contribution in [0.2, 0.25) is 0 Å². The molecule has 6 nitrogen and oxygen atoms in total. The number of pyridine rings is 1. The van der Waals surface area contributed by atoms with Gasteiger partial charge in [-0.25, -0.2) is 0 Å². The zero-order valence-corrected chi connectivity index (χ0v) is 18.9. The number of likely N-dealkylation sites (tertiary alicyclic amines) is 1. The molecule has 168 valence electrons. The third-order valence-corrected chi connectivity index (χ3v) is 6.56. The van der Waals surface area contributed by atoms with E-state index >= 15 is 0 Å². The number of piperidine rings is 1. The van der Waals surface area contributed by atoms with E-state index in [-0.39, 0.29) is 11.8 Å². The fraction of sp³-hybridized carbons (Fsp3) is 0.296. The lowest BCUT2D eigenvalue weighted by molar-refractivity contribution is 0.0782. The number of aromatic nitrogens is 3. The molecule has 3 heterocycles. The van der Waals surface area contributed by atoms with Gasteiger partial charge >= 0.3 is 0 Å². The molecule has 33 heavy (non-hydrogen) atoms. The molecule has 5 rings (SSSR count). The highest BCUT2D eigenvalue weighted by Gasteiger charge is 2.28. The van der Waals surface area contributed by atoms with Crippen LogP contribution >= 0.6 is 0 Å². The molecule has 1 saturated heterocycles. The van der Waals surface area contributed by atoms with Crippen LogP contribution in [0.25, 0.3) is 10.9 Å². The molecule has 2 aromatic heterocycles. The Morgan fingerprint density at radius 3 is 2.82 bits per heavy atom. The van der Waals surface area contributed by atoms with E-state index in [1.165, 1.54) is 10.9 Å². The molecular weight excluding hydrogens is 410 g/mol. The van der Waals surface area contributed by atoms with Gasteiger partial charge < -0.3 is 4.90 Å². The Morgan fingerprint density at radius 1 is 1.12 bits per heavy atom. The summed E-state index contributed by atoms with van der Waals surface area (Å²) in [5.74, 6) is 0.276. The van der Waals surface area contributed by atoms with Crippen LogP contribution in [0.3, 0.4) is 0 Å². The summed E-state index contributed by atoms with van der Waals surface area (Å²) in [6.45, 7) is 3.42. The molecule has 0 radical (unpaired) electrons. The van der Waals surface area contributed by atoms with Crippen molar-refractivity contribution in [3.05, 3.63) is 95.4 Å². The first-order valence-electron chi connectivity index (χ1n) is 11.6. The maximum Gasteiger partial charge on any atom is 0.257 e. The Balaban J connectivity index is 1.30. The minimum absolute atomic E-state index is 0.0138. The number of H-pyrrole nitrogens is 1. The van der Waals surface area contributed by atoms with Crippen LogP contribution in [0.4, 0.5) is 0 Å². The highest BCUT2D eigenvalue weighted by Crippen LogP contribution is 2.30. The minimum atomic E-state index is 0.0138. The number of benzene rings is 2. The number of hydrogen-bond acceptors (Lipinski definition) is 4. The van der Waals surface area contributed by atoms with E-state index in [1.54, 1.807) is 11.1 Å². The Labute approximate surface area is 194 Å². The number of rotatable bonds is 6. The van der Waals surface area contributed by atoms with E-state index in [9.17, 15) is 4.79 Å². The van der Waals surface area contributed by atoms with Gasteiger partial charge in [0.15, 0.2) is 0 Å². The Morgan fingerprint density at radius 2 is 1.94 bits per heavy atom. The Bertz CT molecular complexity index is 1230. The standard InChI is InChI=1S/C27H29N5O/c1-31(17-20-8-3-2-4-9-20)27(33)24-16-29-30-26(24)22-10-7-15-32(19-22)18-21-13-14-28-25-12-6-5-11-23(21)25/h2-6,8-9,11-14,16,22H,7,10,15,17-19H2,1H3,(H,29,30)/t22-/m1/s1. The summed E-state index contributed by atoms with van der Waals surface area (Å²) in [5.41, 5.74) is 5.10. The predicted octanol–water partition coefficient (Wildman–Crippen LogP) is 4.61. The summed E-state index contributed by atoms with van der Waals surface area (Å²) in [6, 6.07) is 20.5. The number of carbonyl (C=O) groups is 1. The van der Waals surface area contributed by atoms with Gasteiger partial charge in [0.2, 0.25) is 0 Å². The monoisotopic (exact) mass is 439 g/mol. The van der Waals surface area contributed by atoms with Gasteiger partial charge in [-0.15, -0.1) is 0 Å². The quantitative estimate of drug-likeness (QED) is 0.477. The molecule has 0 bridgehead atoms. The van der Waals surface area contributed by atoms with Gasteiger partial charge in [0.25, 0.3) is 5.91 Å². The average Bonchev–Trinajstić information content (AvgIpc) is 3.35. The van der Waals surface area contributed by atoms with E-state index in [0.29, 0.717) is 12.1 Å². The largest absolute Gasteiger partial charge is 0.337 e. The van der Waals surface area contributed by atoms with Crippen molar-refractivity contribution < 1.29 is 4.79 Å². The number of hydrogen-bond donors (Lipinski definition) is 1. The maximum atomic E-state index is 13.2. The molecule has 4 aromatic rings. The lowest BCUT2D eigenvalue weighted by atomic mass is 9.91. The lowest BCUT2D eigenvalue weighted by Crippen LogP contribution is -2.35. The van der Waals surface area contributed by atoms with E-state index in [2.05, 4.69) is 44.3 Å². The molecule has 1 aliphatic heterocycles. The van der Waals surface area contributed by atoms with Crippen molar-refractivity contribution >= 4 is 16.8 Å². The van der Waals surface area contributed by atoms with Crippen molar-refractivity contribution in [2.75, 3.05) is 20.1 Å². The molecule has 1 amide bonds. The minimum Gasteiger partial charge on any atom is -0.337 e. The molecule has 0 aliphatic carbocycles. The second-order valence-corrected chi connectivity index (χ2v) is 8.91. The molecule has 0 unspecified atom stereocenters. The normalized spacial score (nSPS) is 16.7. The summed E-state index contributed by atoms with van der Waals surface area (Å²) in [4.78, 5) is 22.0. The molecule has 1 N–H and O–H groups in total. The predicted molar refractivity (Wildman–Crippen MR) is 130 cm³/mol. The van der Waals surface area contributed by atoms with Crippen molar-refractivity contribution in [1.29, 1.82) is 0 Å². The molecule has 0 saturated carbocycles. The fourth-order valence-corrected chi connectivity index (χ4v) is 4.88. The van der Waals surface area contributed by atoms with Crippen molar-refractivity contribution in [3.63, 3.8) is 0 Å². The smallest absolute Gasteiger partial charge is 0.257 e. The van der Waals surface area contributed by atoms with E-state index in [0.717, 1.165) is 49.2 Å². The molecule has 1 aliphatic rings. The molecule has 6 heteroatoms. The van der Waals surface area contributed by atoms with Gasteiger partial charge in [-0.3, -0.25) is 19.8 Å². The highest BCUT2D eigenvalue weighted by atomic mass is 16.2. The number of nitrogens with one attached hydrogen (secondary N) is 1. The van der Waals surface area contributed by atoms with Gasteiger partial charge in [0.1, 0.15) is 0 Å². The van der Waals surface area contributed by atoms with E-state index < -0.39 is 0 Å². The zero-order valence-electron chi connectivity index (χ0n) is 18.9. The van der Waals surface area contributed by atoms with Crippen molar-refractivity contribution in [3.8, 4) is 0 Å². The van der Waals surface area contributed by atoms with Crippen LogP contribution in [-0.2, 0) is 13.1 Å². The number of aromatic amines is 1. The van der Waals surface area contributed by atoms with Crippen LogP contribution in [-0.4, -0.2) is 51.0 Å². The van der Waals surface area contributed by atoms with Gasteiger partial charge in [-0.1, -0.05) is 48.5 Å². The first-order valence-corrected chi connectivity index (χ1v) is 11.6. The second-order valence-electron chi connectivity index (χ2n) is 8.91.